The van der Waals surface area contributed by atoms with Gasteiger partial charge in [-0.25, -0.2) is 4.79 Å². The van der Waals surface area contributed by atoms with E-state index in [4.69, 9.17) is 4.74 Å². The minimum absolute atomic E-state index is 0.121. The maximum Gasteiger partial charge on any atom is 0.408 e. The summed E-state index contributed by atoms with van der Waals surface area (Å²) in [4.78, 5) is 42.3. The molecule has 2 rings (SSSR count). The smallest absolute Gasteiger partial charge is 0.408 e. The Labute approximate surface area is 216 Å². The molecule has 36 heavy (non-hydrogen) atoms. The van der Waals surface area contributed by atoms with Crippen molar-refractivity contribution in [3.05, 3.63) is 29.3 Å². The highest BCUT2D eigenvalue weighted by atomic mass is 16.6. The fourth-order valence-corrected chi connectivity index (χ4v) is 4.18. The van der Waals surface area contributed by atoms with Crippen LogP contribution < -0.4 is 10.6 Å². The molecule has 0 spiro atoms. The summed E-state index contributed by atoms with van der Waals surface area (Å²) in [5.74, 6) is -0.467. The molecule has 8 heteroatoms. The molecule has 1 aromatic carbocycles. The Balaban J connectivity index is 2.57. The molecule has 5 unspecified atom stereocenters. The zero-order valence-corrected chi connectivity index (χ0v) is 23.6. The maximum absolute atomic E-state index is 14.2. The third-order valence-electron chi connectivity index (χ3n) is 6.39. The third kappa shape index (κ3) is 7.87. The molecule has 1 saturated carbocycles. The second kappa shape index (κ2) is 11.1. The van der Waals surface area contributed by atoms with Crippen LogP contribution in [0.5, 0.6) is 5.75 Å². The van der Waals surface area contributed by atoms with Crippen LogP contribution in [-0.4, -0.2) is 51.1 Å². The first kappa shape index (κ1) is 29.5. The Kier molecular flexibility index (Phi) is 9.08. The highest BCUT2D eigenvalue weighted by molar-refractivity contribution is 5.93. The monoisotopic (exact) mass is 503 g/mol. The van der Waals surface area contributed by atoms with Gasteiger partial charge in [-0.3, -0.25) is 9.59 Å². The number of rotatable bonds is 8. The summed E-state index contributed by atoms with van der Waals surface area (Å²) in [5, 5.41) is 15.9. The second-order valence-corrected chi connectivity index (χ2v) is 12.2. The SMILES string of the molecule is CCC(C)C(NC(=O)OC(C)(C)C)C(=O)N(C(C(=O)NC(C)(C)C)c1ccc(O)c(C)c1)C1CC1C. The fourth-order valence-electron chi connectivity index (χ4n) is 4.18. The number of alkyl carbamates (subject to hydrolysis) is 1. The lowest BCUT2D eigenvalue weighted by molar-refractivity contribution is -0.145. The third-order valence-corrected chi connectivity index (χ3v) is 6.39. The van der Waals surface area contributed by atoms with Gasteiger partial charge < -0.3 is 25.4 Å². The maximum atomic E-state index is 14.2. The van der Waals surface area contributed by atoms with Gasteiger partial charge in [0.2, 0.25) is 11.8 Å². The number of hydrogen-bond donors (Lipinski definition) is 3. The first-order chi connectivity index (χ1) is 16.4. The number of phenolic OH excluding ortho intramolecular Hbond substituents is 1. The van der Waals surface area contributed by atoms with Gasteiger partial charge in [0.25, 0.3) is 0 Å². The Morgan fingerprint density at radius 3 is 2.19 bits per heavy atom. The highest BCUT2D eigenvalue weighted by Gasteiger charge is 2.49. The van der Waals surface area contributed by atoms with Gasteiger partial charge in [-0.1, -0.05) is 33.3 Å². The van der Waals surface area contributed by atoms with E-state index in [-0.39, 0.29) is 35.4 Å². The van der Waals surface area contributed by atoms with E-state index in [2.05, 4.69) is 10.6 Å². The average Bonchev–Trinajstić information content (AvgIpc) is 3.44. The molecule has 1 aliphatic rings. The lowest BCUT2D eigenvalue weighted by atomic mass is 9.94. The lowest BCUT2D eigenvalue weighted by Crippen LogP contribution is -2.57. The predicted molar refractivity (Wildman–Crippen MR) is 141 cm³/mol. The number of ether oxygens (including phenoxy) is 1. The van der Waals surface area contributed by atoms with Crippen LogP contribution in [0, 0.1) is 18.8 Å². The van der Waals surface area contributed by atoms with Crippen LogP contribution >= 0.6 is 0 Å². The number of amides is 3. The van der Waals surface area contributed by atoms with Crippen LogP contribution in [0.3, 0.4) is 0 Å². The zero-order valence-electron chi connectivity index (χ0n) is 23.6. The van der Waals surface area contributed by atoms with Crippen LogP contribution in [0.2, 0.25) is 0 Å². The Hall–Kier alpha value is -2.77. The standard InChI is InChI=1S/C28H45N3O5/c1-11-16(2)22(29-26(35)36-28(8,9)10)25(34)31(20-15-17(20)3)23(24(33)30-27(5,6)7)19-12-13-21(32)18(4)14-19/h12-14,16-17,20,22-23,32H,11,15H2,1-10H3,(H,29,35)(H,30,33). The van der Waals surface area contributed by atoms with Gasteiger partial charge in [0, 0.05) is 11.6 Å². The summed E-state index contributed by atoms with van der Waals surface area (Å²) in [7, 11) is 0. The molecular weight excluding hydrogens is 458 g/mol. The van der Waals surface area contributed by atoms with Crippen molar-refractivity contribution < 1.29 is 24.2 Å². The Morgan fingerprint density at radius 1 is 1.17 bits per heavy atom. The van der Waals surface area contributed by atoms with Crippen molar-refractivity contribution in [1.29, 1.82) is 0 Å². The second-order valence-electron chi connectivity index (χ2n) is 12.2. The first-order valence-electron chi connectivity index (χ1n) is 12.9. The van der Waals surface area contributed by atoms with Crippen molar-refractivity contribution in [1.82, 2.24) is 15.5 Å². The van der Waals surface area contributed by atoms with Crippen LogP contribution in [0.4, 0.5) is 4.79 Å². The van der Waals surface area contributed by atoms with Gasteiger partial charge in [0.05, 0.1) is 0 Å². The number of aryl methyl sites for hydroxylation is 1. The normalized spacial score (nSPS) is 20.1. The predicted octanol–water partition coefficient (Wildman–Crippen LogP) is 4.83. The number of nitrogens with one attached hydrogen (secondary N) is 2. The molecule has 0 aliphatic heterocycles. The van der Waals surface area contributed by atoms with Gasteiger partial charge in [0.1, 0.15) is 23.4 Å². The van der Waals surface area contributed by atoms with Crippen molar-refractivity contribution in [2.24, 2.45) is 11.8 Å². The summed E-state index contributed by atoms with van der Waals surface area (Å²) >= 11 is 0. The summed E-state index contributed by atoms with van der Waals surface area (Å²) in [6.45, 7) is 18.6. The molecule has 0 bridgehead atoms. The number of aromatic hydroxyl groups is 1. The van der Waals surface area contributed by atoms with E-state index in [1.807, 2.05) is 41.5 Å². The molecule has 1 fully saturated rings. The number of hydrogen-bond acceptors (Lipinski definition) is 5. The van der Waals surface area contributed by atoms with Crippen molar-refractivity contribution in [3.63, 3.8) is 0 Å². The minimum atomic E-state index is -0.919. The Morgan fingerprint density at radius 2 is 1.75 bits per heavy atom. The quantitative estimate of drug-likeness (QED) is 0.471. The van der Waals surface area contributed by atoms with E-state index >= 15 is 0 Å². The molecule has 1 aliphatic carbocycles. The number of carbonyl (C=O) groups excluding carboxylic acids is 3. The molecule has 8 nitrogen and oxygen atoms in total. The van der Waals surface area contributed by atoms with E-state index < -0.39 is 29.3 Å². The molecule has 3 amide bonds. The van der Waals surface area contributed by atoms with E-state index in [9.17, 15) is 19.5 Å². The summed E-state index contributed by atoms with van der Waals surface area (Å²) in [6, 6.07) is 3.05. The molecule has 5 atom stereocenters. The van der Waals surface area contributed by atoms with E-state index in [1.165, 1.54) is 0 Å². The van der Waals surface area contributed by atoms with Crippen molar-refractivity contribution >= 4 is 17.9 Å². The van der Waals surface area contributed by atoms with Gasteiger partial charge in [0.15, 0.2) is 0 Å². The molecule has 0 heterocycles. The van der Waals surface area contributed by atoms with Gasteiger partial charge >= 0.3 is 6.09 Å². The molecule has 0 aromatic heterocycles. The minimum Gasteiger partial charge on any atom is -0.508 e. The molecule has 1 aromatic rings. The van der Waals surface area contributed by atoms with Crippen LogP contribution in [-0.2, 0) is 14.3 Å². The van der Waals surface area contributed by atoms with Gasteiger partial charge in [-0.2, -0.15) is 0 Å². The zero-order chi connectivity index (χ0) is 27.6. The number of nitrogens with zero attached hydrogens (tertiary/aromatic N) is 1. The molecule has 0 saturated heterocycles. The van der Waals surface area contributed by atoms with E-state index in [1.54, 1.807) is 50.8 Å². The first-order valence-corrected chi connectivity index (χ1v) is 12.9. The van der Waals surface area contributed by atoms with Crippen LogP contribution in [0.1, 0.15) is 92.3 Å². The summed E-state index contributed by atoms with van der Waals surface area (Å²) in [5.41, 5.74) is -0.00520. The fraction of sp³-hybridized carbons (Fsp3) is 0.679. The lowest BCUT2D eigenvalue weighted by Gasteiger charge is -2.37. The number of benzene rings is 1. The topological polar surface area (TPSA) is 108 Å². The summed E-state index contributed by atoms with van der Waals surface area (Å²) < 4.78 is 5.45. The van der Waals surface area contributed by atoms with Crippen molar-refractivity contribution in [2.45, 2.75) is 111 Å². The molecule has 3 N–H and O–H groups in total. The highest BCUT2D eigenvalue weighted by Crippen LogP contribution is 2.41. The summed E-state index contributed by atoms with van der Waals surface area (Å²) in [6.07, 6.45) is 0.750. The van der Waals surface area contributed by atoms with Crippen molar-refractivity contribution in [3.8, 4) is 5.75 Å². The largest absolute Gasteiger partial charge is 0.508 e. The van der Waals surface area contributed by atoms with Gasteiger partial charge in [-0.05, 0) is 90.0 Å². The molecule has 202 valence electrons. The average molecular weight is 504 g/mol. The molecular formula is C28H45N3O5. The number of carbonyl (C=O) groups is 3. The van der Waals surface area contributed by atoms with Crippen molar-refractivity contribution in [2.75, 3.05) is 0 Å². The van der Waals surface area contributed by atoms with Crippen LogP contribution in [0.15, 0.2) is 18.2 Å². The number of phenols is 1. The Bertz CT molecular complexity index is 963. The molecule has 0 radical (unpaired) electrons. The van der Waals surface area contributed by atoms with Crippen LogP contribution in [0.25, 0.3) is 0 Å². The van der Waals surface area contributed by atoms with Gasteiger partial charge in [-0.15, -0.1) is 0 Å². The van der Waals surface area contributed by atoms with E-state index in [0.717, 1.165) is 6.42 Å². The van der Waals surface area contributed by atoms with E-state index in [0.29, 0.717) is 17.5 Å².